The van der Waals surface area contributed by atoms with Crippen molar-refractivity contribution in [2.75, 3.05) is 6.54 Å². The molecule has 0 radical (unpaired) electrons. The number of amides is 2. The Morgan fingerprint density at radius 3 is 2.60 bits per heavy atom. The monoisotopic (exact) mass is 415 g/mol. The van der Waals surface area contributed by atoms with Gasteiger partial charge in [0.25, 0.3) is 0 Å². The van der Waals surface area contributed by atoms with Crippen molar-refractivity contribution in [3.05, 3.63) is 41.7 Å². The Morgan fingerprint density at radius 1 is 1.20 bits per heavy atom. The minimum atomic E-state index is -0.969. The van der Waals surface area contributed by atoms with E-state index in [1.54, 1.807) is 12.4 Å². The van der Waals surface area contributed by atoms with Gasteiger partial charge in [-0.3, -0.25) is 19.4 Å². The Balaban J connectivity index is 1.91. The van der Waals surface area contributed by atoms with Crippen LogP contribution in [-0.2, 0) is 20.9 Å². The smallest absolute Gasteiger partial charge is 0.303 e. The number of rotatable bonds is 10. The lowest BCUT2D eigenvalue weighted by atomic mass is 9.69. The van der Waals surface area contributed by atoms with Crippen molar-refractivity contribution >= 4 is 17.8 Å². The zero-order chi connectivity index (χ0) is 22.1. The van der Waals surface area contributed by atoms with Gasteiger partial charge in [-0.25, -0.2) is 0 Å². The van der Waals surface area contributed by atoms with Crippen molar-refractivity contribution < 1.29 is 19.5 Å². The fourth-order valence-corrected chi connectivity index (χ4v) is 4.05. The summed E-state index contributed by atoms with van der Waals surface area (Å²) < 4.78 is 0. The molecule has 2 amide bonds. The van der Waals surface area contributed by atoms with Crippen LogP contribution >= 0.6 is 0 Å². The number of nitrogens with one attached hydrogen (secondary N) is 2. The minimum absolute atomic E-state index is 0.00315. The molecule has 3 N–H and O–H groups in total. The molecule has 1 heterocycles. The second kappa shape index (κ2) is 11.5. The van der Waals surface area contributed by atoms with Gasteiger partial charge in [0.2, 0.25) is 11.8 Å². The first-order valence-corrected chi connectivity index (χ1v) is 10.6. The van der Waals surface area contributed by atoms with Crippen molar-refractivity contribution in [1.29, 1.82) is 0 Å². The topological polar surface area (TPSA) is 108 Å². The first-order valence-electron chi connectivity index (χ1n) is 10.6. The molecule has 3 atom stereocenters. The van der Waals surface area contributed by atoms with E-state index in [9.17, 15) is 14.4 Å². The van der Waals surface area contributed by atoms with Gasteiger partial charge in [-0.1, -0.05) is 31.6 Å². The van der Waals surface area contributed by atoms with Crippen LogP contribution in [0.1, 0.15) is 52.0 Å². The van der Waals surface area contributed by atoms with Crippen molar-refractivity contribution in [3.63, 3.8) is 0 Å². The molecule has 0 spiro atoms. The van der Waals surface area contributed by atoms with Gasteiger partial charge in [0.1, 0.15) is 0 Å². The highest BCUT2D eigenvalue weighted by Crippen LogP contribution is 2.38. The Hall–Kier alpha value is -2.70. The maximum Gasteiger partial charge on any atom is 0.303 e. The number of carboxylic acids is 1. The summed E-state index contributed by atoms with van der Waals surface area (Å²) in [6.45, 7) is 7.35. The molecule has 0 bridgehead atoms. The number of aliphatic carboxylic acids is 1. The van der Waals surface area contributed by atoms with Crippen LogP contribution in [-0.4, -0.2) is 34.4 Å². The first-order chi connectivity index (χ1) is 14.3. The average Bonchev–Trinajstić information content (AvgIpc) is 2.71. The molecule has 0 saturated heterocycles. The summed E-state index contributed by atoms with van der Waals surface area (Å²) in [5.41, 5.74) is 2.15. The normalized spacial score (nSPS) is 21.1. The Kier molecular flexibility index (Phi) is 9.02. The van der Waals surface area contributed by atoms with Crippen LogP contribution in [0.25, 0.3) is 0 Å². The van der Waals surface area contributed by atoms with Gasteiger partial charge in [-0.2, -0.15) is 0 Å². The van der Waals surface area contributed by atoms with Crippen LogP contribution in [0.3, 0.4) is 0 Å². The number of nitrogens with zero attached hydrogens (tertiary/aromatic N) is 1. The number of carbonyl (C=O) groups excluding carboxylic acids is 2. The van der Waals surface area contributed by atoms with Gasteiger partial charge in [0, 0.05) is 38.3 Å². The minimum Gasteiger partial charge on any atom is -0.481 e. The average molecular weight is 416 g/mol. The highest BCUT2D eigenvalue weighted by atomic mass is 16.4. The molecule has 0 saturated carbocycles. The molecule has 1 aromatic rings. The second-order valence-corrected chi connectivity index (χ2v) is 8.45. The molecular formula is C23H33N3O4. The molecule has 164 valence electrons. The third-order valence-electron chi connectivity index (χ3n) is 5.83. The molecule has 1 aliphatic carbocycles. The van der Waals surface area contributed by atoms with E-state index in [0.29, 0.717) is 31.3 Å². The Morgan fingerprint density at radius 2 is 1.97 bits per heavy atom. The zero-order valence-corrected chi connectivity index (χ0v) is 18.1. The molecule has 0 aromatic carbocycles. The maximum atomic E-state index is 12.5. The van der Waals surface area contributed by atoms with Crippen LogP contribution in [0, 0.1) is 23.7 Å². The molecule has 0 aliphatic heterocycles. The molecule has 0 unspecified atom stereocenters. The van der Waals surface area contributed by atoms with Gasteiger partial charge in [0.15, 0.2) is 0 Å². The summed E-state index contributed by atoms with van der Waals surface area (Å²) in [6.07, 6.45) is 6.82. The molecule has 1 aliphatic rings. The quantitative estimate of drug-likeness (QED) is 0.509. The number of allylic oxidation sites excluding steroid dienone is 1. The van der Waals surface area contributed by atoms with Gasteiger partial charge in [-0.15, -0.1) is 0 Å². The van der Waals surface area contributed by atoms with Crippen molar-refractivity contribution in [3.8, 4) is 0 Å². The van der Waals surface area contributed by atoms with Gasteiger partial charge >= 0.3 is 5.97 Å². The number of carboxylic acid groups (broad SMARTS) is 1. The van der Waals surface area contributed by atoms with Crippen LogP contribution in [0.2, 0.25) is 0 Å². The van der Waals surface area contributed by atoms with Gasteiger partial charge < -0.3 is 15.7 Å². The van der Waals surface area contributed by atoms with Crippen molar-refractivity contribution in [2.45, 2.75) is 53.0 Å². The predicted molar refractivity (Wildman–Crippen MR) is 114 cm³/mol. The number of hydrogen-bond donors (Lipinski definition) is 3. The SMILES string of the molecule is CC1=C[C@@H](CNC(=O)CCC(=O)O)[C@H](C(C)C)C[C@H]1CC(=O)NCc1cccnc1. The van der Waals surface area contributed by atoms with E-state index in [0.717, 1.165) is 12.0 Å². The van der Waals surface area contributed by atoms with Crippen LogP contribution in [0.15, 0.2) is 36.2 Å². The fourth-order valence-electron chi connectivity index (χ4n) is 4.05. The highest BCUT2D eigenvalue weighted by molar-refractivity contribution is 5.80. The molecular weight excluding hydrogens is 382 g/mol. The number of hydrogen-bond acceptors (Lipinski definition) is 4. The van der Waals surface area contributed by atoms with Crippen LogP contribution < -0.4 is 10.6 Å². The standard InChI is InChI=1S/C23H33N3O4/c1-15(2)20-10-18(11-22(28)25-13-17-5-4-8-24-12-17)16(3)9-19(20)14-26-21(27)6-7-23(29)30/h4-5,8-9,12,15,18-20H,6-7,10-11,13-14H2,1-3H3,(H,25,28)(H,26,27)(H,29,30)/t18-,19-,20-/m0/s1. The summed E-state index contributed by atoms with van der Waals surface area (Å²) >= 11 is 0. The maximum absolute atomic E-state index is 12.5. The summed E-state index contributed by atoms with van der Waals surface area (Å²) in [4.78, 5) is 39.0. The van der Waals surface area contributed by atoms with E-state index in [4.69, 9.17) is 5.11 Å². The first kappa shape index (κ1) is 23.6. The summed E-state index contributed by atoms with van der Waals surface area (Å²) in [5.74, 6) is -0.0368. The predicted octanol–water partition coefficient (Wildman–Crippen LogP) is 2.92. The third-order valence-corrected chi connectivity index (χ3v) is 5.83. The molecule has 0 fully saturated rings. The van der Waals surface area contributed by atoms with E-state index in [-0.39, 0.29) is 36.5 Å². The van der Waals surface area contributed by atoms with E-state index < -0.39 is 5.97 Å². The van der Waals surface area contributed by atoms with Crippen molar-refractivity contribution in [2.24, 2.45) is 23.7 Å². The van der Waals surface area contributed by atoms with Crippen LogP contribution in [0.4, 0.5) is 0 Å². The highest BCUT2D eigenvalue weighted by Gasteiger charge is 2.32. The van der Waals surface area contributed by atoms with E-state index >= 15 is 0 Å². The summed E-state index contributed by atoms with van der Waals surface area (Å²) in [6, 6.07) is 3.78. The van der Waals surface area contributed by atoms with E-state index in [1.807, 2.05) is 12.1 Å². The van der Waals surface area contributed by atoms with Gasteiger partial charge in [0.05, 0.1) is 6.42 Å². The molecule has 1 aromatic heterocycles. The largest absolute Gasteiger partial charge is 0.481 e. The molecule has 7 nitrogen and oxygen atoms in total. The Labute approximate surface area is 178 Å². The zero-order valence-electron chi connectivity index (χ0n) is 18.1. The summed E-state index contributed by atoms with van der Waals surface area (Å²) in [7, 11) is 0. The second-order valence-electron chi connectivity index (χ2n) is 8.45. The summed E-state index contributed by atoms with van der Waals surface area (Å²) in [5, 5.41) is 14.6. The number of aromatic nitrogens is 1. The number of carbonyl (C=O) groups is 3. The Bertz CT molecular complexity index is 761. The van der Waals surface area contributed by atoms with Crippen molar-refractivity contribution in [1.82, 2.24) is 15.6 Å². The van der Waals surface area contributed by atoms with Gasteiger partial charge in [-0.05, 0) is 48.6 Å². The third kappa shape index (κ3) is 7.61. The molecule has 7 heteroatoms. The lowest BCUT2D eigenvalue weighted by molar-refractivity contribution is -0.138. The number of pyridine rings is 1. The van der Waals surface area contributed by atoms with E-state index in [1.165, 1.54) is 5.57 Å². The lowest BCUT2D eigenvalue weighted by Gasteiger charge is -2.37. The van der Waals surface area contributed by atoms with E-state index in [2.05, 4.69) is 42.5 Å². The molecule has 30 heavy (non-hydrogen) atoms. The van der Waals surface area contributed by atoms with Crippen LogP contribution in [0.5, 0.6) is 0 Å². The lowest BCUT2D eigenvalue weighted by Crippen LogP contribution is -2.37. The molecule has 2 rings (SSSR count). The fraction of sp³-hybridized carbons (Fsp3) is 0.565.